The standard InChI is InChI=1S/C19H18Cl2N4O2S/c1-12(27-16-6-4-3-5-7-16)18-23-24-19(25(18)2)28-11-17(26)22-15-9-13(20)8-14(21)10-15/h3-10,12H,11H2,1-2H3,(H,22,26). The normalized spacial score (nSPS) is 11.9. The zero-order chi connectivity index (χ0) is 20.1. The van der Waals surface area contributed by atoms with Crippen molar-refractivity contribution in [2.45, 2.75) is 18.2 Å². The molecule has 9 heteroatoms. The number of anilines is 1. The van der Waals surface area contributed by atoms with Gasteiger partial charge in [-0.15, -0.1) is 10.2 Å². The van der Waals surface area contributed by atoms with E-state index in [1.165, 1.54) is 11.8 Å². The van der Waals surface area contributed by atoms with Crippen molar-refractivity contribution in [2.75, 3.05) is 11.1 Å². The maximum absolute atomic E-state index is 12.2. The fraction of sp³-hybridized carbons (Fsp3) is 0.211. The highest BCUT2D eigenvalue weighted by Crippen LogP contribution is 2.25. The van der Waals surface area contributed by atoms with Crippen LogP contribution in [0.25, 0.3) is 0 Å². The van der Waals surface area contributed by atoms with Gasteiger partial charge in [0.05, 0.1) is 5.75 Å². The van der Waals surface area contributed by atoms with Crippen LogP contribution in [0.2, 0.25) is 10.0 Å². The molecule has 1 unspecified atom stereocenters. The molecule has 3 rings (SSSR count). The average Bonchev–Trinajstić information content (AvgIpc) is 3.00. The van der Waals surface area contributed by atoms with Gasteiger partial charge in [0.15, 0.2) is 17.1 Å². The van der Waals surface area contributed by atoms with E-state index in [2.05, 4.69) is 15.5 Å². The number of hydrogen-bond acceptors (Lipinski definition) is 5. The second-order valence-electron chi connectivity index (χ2n) is 5.97. The highest BCUT2D eigenvalue weighted by molar-refractivity contribution is 7.99. The van der Waals surface area contributed by atoms with Crippen molar-refractivity contribution in [3.63, 3.8) is 0 Å². The number of carbonyl (C=O) groups excluding carboxylic acids is 1. The number of amides is 1. The van der Waals surface area contributed by atoms with Crippen LogP contribution in [-0.2, 0) is 11.8 Å². The van der Waals surface area contributed by atoms with Crippen LogP contribution >= 0.6 is 35.0 Å². The summed E-state index contributed by atoms with van der Waals surface area (Å²) in [5.74, 6) is 1.41. The molecule has 0 saturated carbocycles. The molecule has 0 aliphatic carbocycles. The zero-order valence-corrected chi connectivity index (χ0v) is 17.6. The number of thioether (sulfide) groups is 1. The van der Waals surface area contributed by atoms with E-state index >= 15 is 0 Å². The highest BCUT2D eigenvalue weighted by Gasteiger charge is 2.18. The Morgan fingerprint density at radius 3 is 2.54 bits per heavy atom. The van der Waals surface area contributed by atoms with E-state index in [1.54, 1.807) is 18.2 Å². The number of rotatable bonds is 7. The van der Waals surface area contributed by atoms with E-state index in [9.17, 15) is 4.79 Å². The molecular weight excluding hydrogens is 419 g/mol. The predicted molar refractivity (Wildman–Crippen MR) is 112 cm³/mol. The molecule has 28 heavy (non-hydrogen) atoms. The number of halogens is 2. The number of nitrogens with zero attached hydrogens (tertiary/aromatic N) is 3. The number of ether oxygens (including phenoxy) is 1. The van der Waals surface area contributed by atoms with Gasteiger partial charge in [0.2, 0.25) is 5.91 Å². The van der Waals surface area contributed by atoms with E-state index in [0.29, 0.717) is 26.7 Å². The van der Waals surface area contributed by atoms with Gasteiger partial charge in [-0.25, -0.2) is 0 Å². The summed E-state index contributed by atoms with van der Waals surface area (Å²) in [4.78, 5) is 12.2. The Bertz CT molecular complexity index is 946. The number of para-hydroxylation sites is 1. The van der Waals surface area contributed by atoms with Crippen LogP contribution in [0.4, 0.5) is 5.69 Å². The average molecular weight is 437 g/mol. The molecule has 1 amide bonds. The van der Waals surface area contributed by atoms with Gasteiger partial charge in [0, 0.05) is 22.8 Å². The molecule has 1 N–H and O–H groups in total. The molecule has 146 valence electrons. The Kier molecular flexibility index (Phi) is 6.83. The van der Waals surface area contributed by atoms with Crippen LogP contribution in [0, 0.1) is 0 Å². The Balaban J connectivity index is 1.58. The van der Waals surface area contributed by atoms with Gasteiger partial charge in [-0.3, -0.25) is 4.79 Å². The topological polar surface area (TPSA) is 69.0 Å². The predicted octanol–water partition coefficient (Wildman–Crippen LogP) is 4.99. The summed E-state index contributed by atoms with van der Waals surface area (Å²) in [6.07, 6.45) is -0.281. The monoisotopic (exact) mass is 436 g/mol. The molecule has 3 aromatic rings. The first-order valence-electron chi connectivity index (χ1n) is 8.42. The van der Waals surface area contributed by atoms with Gasteiger partial charge >= 0.3 is 0 Å². The Morgan fingerprint density at radius 2 is 1.86 bits per heavy atom. The Labute approximate surface area is 177 Å². The maximum atomic E-state index is 12.2. The van der Waals surface area contributed by atoms with Crippen LogP contribution in [0.15, 0.2) is 53.7 Å². The van der Waals surface area contributed by atoms with Crippen LogP contribution in [0.1, 0.15) is 18.9 Å². The minimum atomic E-state index is -0.281. The summed E-state index contributed by atoms with van der Waals surface area (Å²) in [7, 11) is 1.84. The van der Waals surface area contributed by atoms with E-state index in [0.717, 1.165) is 5.75 Å². The third-order valence-corrected chi connectivity index (χ3v) is 5.22. The summed E-state index contributed by atoms with van der Waals surface area (Å²) in [5.41, 5.74) is 0.548. The lowest BCUT2D eigenvalue weighted by molar-refractivity contribution is -0.113. The molecule has 0 aliphatic heterocycles. The first-order chi connectivity index (χ1) is 13.4. The molecule has 1 heterocycles. The smallest absolute Gasteiger partial charge is 0.234 e. The SMILES string of the molecule is CC(Oc1ccccc1)c1nnc(SCC(=O)Nc2cc(Cl)cc(Cl)c2)n1C. The van der Waals surface area contributed by atoms with Crippen molar-refractivity contribution in [2.24, 2.45) is 7.05 Å². The van der Waals surface area contributed by atoms with Crippen LogP contribution in [-0.4, -0.2) is 26.4 Å². The molecule has 0 radical (unpaired) electrons. The third-order valence-electron chi connectivity index (χ3n) is 3.77. The molecule has 0 spiro atoms. The van der Waals surface area contributed by atoms with Gasteiger partial charge in [-0.05, 0) is 37.3 Å². The number of hydrogen-bond donors (Lipinski definition) is 1. The van der Waals surface area contributed by atoms with Crippen molar-refractivity contribution in [3.05, 3.63) is 64.4 Å². The summed E-state index contributed by atoms with van der Waals surface area (Å²) >= 11 is 13.2. The Morgan fingerprint density at radius 1 is 1.18 bits per heavy atom. The molecule has 0 aliphatic rings. The summed E-state index contributed by atoms with van der Waals surface area (Å²) in [5, 5.41) is 12.7. The maximum Gasteiger partial charge on any atom is 0.234 e. The molecule has 0 saturated heterocycles. The third kappa shape index (κ3) is 5.41. The van der Waals surface area contributed by atoms with Crippen molar-refractivity contribution in [1.82, 2.24) is 14.8 Å². The molecule has 2 aromatic carbocycles. The van der Waals surface area contributed by atoms with Crippen LogP contribution < -0.4 is 10.1 Å². The minimum absolute atomic E-state index is 0.171. The Hall–Kier alpha value is -2.22. The van der Waals surface area contributed by atoms with Crippen LogP contribution in [0.5, 0.6) is 5.75 Å². The number of aromatic nitrogens is 3. The van der Waals surface area contributed by atoms with Gasteiger partial charge in [-0.1, -0.05) is 53.2 Å². The fourth-order valence-electron chi connectivity index (χ4n) is 2.51. The minimum Gasteiger partial charge on any atom is -0.483 e. The van der Waals surface area contributed by atoms with E-state index in [1.807, 2.05) is 48.9 Å². The molecule has 0 fully saturated rings. The number of nitrogens with one attached hydrogen (secondary N) is 1. The lowest BCUT2D eigenvalue weighted by Crippen LogP contribution is -2.15. The molecule has 0 bridgehead atoms. The van der Waals surface area contributed by atoms with E-state index in [-0.39, 0.29) is 17.8 Å². The first-order valence-corrected chi connectivity index (χ1v) is 10.2. The van der Waals surface area contributed by atoms with Crippen LogP contribution in [0.3, 0.4) is 0 Å². The van der Waals surface area contributed by atoms with Crippen molar-refractivity contribution < 1.29 is 9.53 Å². The number of benzene rings is 2. The van der Waals surface area contributed by atoms with Gasteiger partial charge in [0.25, 0.3) is 0 Å². The summed E-state index contributed by atoms with van der Waals surface area (Å²) < 4.78 is 7.71. The molecule has 6 nitrogen and oxygen atoms in total. The molecule has 1 aromatic heterocycles. The van der Waals surface area contributed by atoms with Gasteiger partial charge < -0.3 is 14.6 Å². The largest absolute Gasteiger partial charge is 0.483 e. The highest BCUT2D eigenvalue weighted by atomic mass is 35.5. The van der Waals surface area contributed by atoms with Crippen molar-refractivity contribution in [3.8, 4) is 5.75 Å². The van der Waals surface area contributed by atoms with Crippen molar-refractivity contribution in [1.29, 1.82) is 0 Å². The molecule has 1 atom stereocenters. The number of carbonyl (C=O) groups is 1. The van der Waals surface area contributed by atoms with Gasteiger partial charge in [0.1, 0.15) is 5.75 Å². The van der Waals surface area contributed by atoms with Gasteiger partial charge in [-0.2, -0.15) is 0 Å². The fourth-order valence-corrected chi connectivity index (χ4v) is 3.76. The summed E-state index contributed by atoms with van der Waals surface area (Å²) in [6.45, 7) is 1.90. The lowest BCUT2D eigenvalue weighted by Gasteiger charge is -2.14. The van der Waals surface area contributed by atoms with E-state index in [4.69, 9.17) is 27.9 Å². The second-order valence-corrected chi connectivity index (χ2v) is 7.78. The lowest BCUT2D eigenvalue weighted by atomic mass is 10.3. The molecular formula is C19H18Cl2N4O2S. The first kappa shape index (κ1) is 20.5. The second kappa shape index (κ2) is 9.32. The quantitative estimate of drug-likeness (QED) is 0.528. The van der Waals surface area contributed by atoms with E-state index < -0.39 is 0 Å². The zero-order valence-electron chi connectivity index (χ0n) is 15.2. The summed E-state index contributed by atoms with van der Waals surface area (Å²) in [6, 6.07) is 14.4. The van der Waals surface area contributed by atoms with Crippen molar-refractivity contribution >= 4 is 46.6 Å².